The van der Waals surface area contributed by atoms with Crippen molar-refractivity contribution in [3.05, 3.63) is 51.2 Å². The van der Waals surface area contributed by atoms with E-state index in [1.807, 2.05) is 41.8 Å². The summed E-state index contributed by atoms with van der Waals surface area (Å²) in [5, 5.41) is 4.91. The van der Waals surface area contributed by atoms with Crippen LogP contribution >= 0.6 is 27.3 Å². The first-order chi connectivity index (χ1) is 9.54. The molecule has 0 fully saturated rings. The van der Waals surface area contributed by atoms with E-state index >= 15 is 0 Å². The van der Waals surface area contributed by atoms with Gasteiger partial charge in [-0.2, -0.15) is 0 Å². The van der Waals surface area contributed by atoms with E-state index in [4.69, 9.17) is 0 Å². The normalized spacial score (nSPS) is 10.9. The van der Waals surface area contributed by atoms with Crippen molar-refractivity contribution in [1.82, 2.24) is 9.38 Å². The van der Waals surface area contributed by atoms with E-state index in [1.165, 1.54) is 11.3 Å². The third kappa shape index (κ3) is 2.36. The number of imidazole rings is 1. The topological polar surface area (TPSA) is 46.4 Å². The Hall–Kier alpha value is -1.66. The molecule has 1 amide bonds. The minimum atomic E-state index is -0.189. The molecular weight excluding hydrogens is 338 g/mol. The van der Waals surface area contributed by atoms with Crippen LogP contribution in [0.3, 0.4) is 0 Å². The Morgan fingerprint density at radius 3 is 2.90 bits per heavy atom. The van der Waals surface area contributed by atoms with E-state index in [2.05, 4.69) is 26.2 Å². The molecule has 0 aliphatic carbocycles. The maximum atomic E-state index is 12.2. The van der Waals surface area contributed by atoms with Crippen molar-refractivity contribution in [3.8, 4) is 0 Å². The lowest BCUT2D eigenvalue weighted by molar-refractivity contribution is 0.102. The molecule has 1 aromatic carbocycles. The van der Waals surface area contributed by atoms with E-state index in [-0.39, 0.29) is 5.91 Å². The Kier molecular flexibility index (Phi) is 3.35. The zero-order valence-electron chi connectivity index (χ0n) is 11.0. The van der Waals surface area contributed by atoms with Gasteiger partial charge in [0.15, 0.2) is 4.96 Å². The van der Waals surface area contributed by atoms with Crippen LogP contribution in [0.4, 0.5) is 5.69 Å². The highest BCUT2D eigenvalue weighted by molar-refractivity contribution is 9.10. The Morgan fingerprint density at radius 2 is 2.20 bits per heavy atom. The van der Waals surface area contributed by atoms with E-state index in [9.17, 15) is 4.79 Å². The third-order valence-corrected chi connectivity index (χ3v) is 4.51. The Morgan fingerprint density at radius 1 is 1.40 bits per heavy atom. The van der Waals surface area contributed by atoms with Crippen LogP contribution in [0.2, 0.25) is 0 Å². The van der Waals surface area contributed by atoms with Crippen LogP contribution in [0, 0.1) is 13.8 Å². The highest BCUT2D eigenvalue weighted by Crippen LogP contribution is 2.21. The number of aryl methyl sites for hydroxylation is 2. The zero-order chi connectivity index (χ0) is 14.3. The smallest absolute Gasteiger partial charge is 0.275 e. The molecule has 20 heavy (non-hydrogen) atoms. The number of hydrogen-bond donors (Lipinski definition) is 1. The summed E-state index contributed by atoms with van der Waals surface area (Å²) in [6.07, 6.45) is 1.77. The molecule has 0 bridgehead atoms. The fraction of sp³-hybridized carbons (Fsp3) is 0.143. The number of halogens is 1. The monoisotopic (exact) mass is 349 g/mol. The first-order valence-corrected chi connectivity index (χ1v) is 7.72. The number of fused-ring (bicyclic) bond motifs is 1. The molecule has 1 N–H and O–H groups in total. The number of aromatic nitrogens is 2. The molecule has 0 unspecified atom stereocenters. The van der Waals surface area contributed by atoms with Gasteiger partial charge in [-0.1, -0.05) is 15.9 Å². The summed E-state index contributed by atoms with van der Waals surface area (Å²) in [6, 6.07) is 5.74. The van der Waals surface area contributed by atoms with Gasteiger partial charge in [-0.25, -0.2) is 4.98 Å². The molecule has 0 saturated heterocycles. The molecule has 0 radical (unpaired) electrons. The maximum absolute atomic E-state index is 12.2. The van der Waals surface area contributed by atoms with Crippen molar-refractivity contribution in [1.29, 1.82) is 0 Å². The fourth-order valence-corrected chi connectivity index (χ4v) is 3.28. The Balaban J connectivity index is 1.88. The number of benzene rings is 1. The van der Waals surface area contributed by atoms with Crippen LogP contribution in [-0.4, -0.2) is 15.3 Å². The predicted octanol–water partition coefficient (Wildman–Crippen LogP) is 4.03. The second-order valence-corrected chi connectivity index (χ2v) is 6.32. The number of anilines is 1. The lowest BCUT2D eigenvalue weighted by atomic mass is 10.2. The van der Waals surface area contributed by atoms with Gasteiger partial charge in [0.05, 0.1) is 0 Å². The number of nitrogens with zero attached hydrogens (tertiary/aromatic N) is 2. The number of hydrogen-bond acceptors (Lipinski definition) is 3. The van der Waals surface area contributed by atoms with Gasteiger partial charge in [-0.05, 0) is 37.6 Å². The summed E-state index contributed by atoms with van der Waals surface area (Å²) in [4.78, 5) is 17.4. The number of rotatable bonds is 2. The molecule has 3 aromatic rings. The molecule has 0 atom stereocenters. The van der Waals surface area contributed by atoms with E-state index < -0.39 is 0 Å². The van der Waals surface area contributed by atoms with Gasteiger partial charge in [0.2, 0.25) is 0 Å². The van der Waals surface area contributed by atoms with Crippen molar-refractivity contribution in [2.75, 3.05) is 5.32 Å². The molecule has 0 aliphatic heterocycles. The minimum Gasteiger partial charge on any atom is -0.320 e. The summed E-state index contributed by atoms with van der Waals surface area (Å²) >= 11 is 4.94. The first-order valence-electron chi connectivity index (χ1n) is 6.05. The van der Waals surface area contributed by atoms with E-state index in [0.717, 1.165) is 26.4 Å². The average molecular weight is 350 g/mol. The quantitative estimate of drug-likeness (QED) is 0.759. The molecule has 2 aromatic heterocycles. The summed E-state index contributed by atoms with van der Waals surface area (Å²) < 4.78 is 2.92. The zero-order valence-corrected chi connectivity index (χ0v) is 13.4. The minimum absolute atomic E-state index is 0.189. The second kappa shape index (κ2) is 5.03. The van der Waals surface area contributed by atoms with Crippen molar-refractivity contribution in [2.45, 2.75) is 13.8 Å². The van der Waals surface area contributed by atoms with E-state index in [0.29, 0.717) is 5.69 Å². The molecule has 4 nitrogen and oxygen atoms in total. The Labute approximate surface area is 128 Å². The highest BCUT2D eigenvalue weighted by atomic mass is 79.9. The molecule has 3 rings (SSSR count). The molecule has 2 heterocycles. The van der Waals surface area contributed by atoms with E-state index in [1.54, 1.807) is 6.20 Å². The Bertz CT molecular complexity index is 806. The predicted molar refractivity (Wildman–Crippen MR) is 84.6 cm³/mol. The van der Waals surface area contributed by atoms with Gasteiger partial charge in [-0.3, -0.25) is 9.20 Å². The number of carbonyl (C=O) groups is 1. The van der Waals surface area contributed by atoms with Crippen LogP contribution in [-0.2, 0) is 0 Å². The fourth-order valence-electron chi connectivity index (χ4n) is 1.96. The van der Waals surface area contributed by atoms with Crippen molar-refractivity contribution < 1.29 is 4.79 Å². The SMILES string of the molecule is Cc1cc(Br)ccc1NC(=O)c1cn2c(C)csc2n1. The molecule has 102 valence electrons. The van der Waals surface area contributed by atoms with Crippen molar-refractivity contribution in [3.63, 3.8) is 0 Å². The van der Waals surface area contributed by atoms with Gasteiger partial charge in [0.25, 0.3) is 5.91 Å². The van der Waals surface area contributed by atoms with Crippen LogP contribution < -0.4 is 5.32 Å². The first kappa shape index (κ1) is 13.3. The van der Waals surface area contributed by atoms with Gasteiger partial charge < -0.3 is 5.32 Å². The molecule has 0 spiro atoms. The molecule has 0 aliphatic rings. The van der Waals surface area contributed by atoms with Gasteiger partial charge in [0.1, 0.15) is 5.69 Å². The standard InChI is InChI=1S/C14H12BrN3OS/c1-8-5-10(15)3-4-11(8)16-13(19)12-6-18-9(2)7-20-14(18)17-12/h3-7H,1-2H3,(H,16,19). The van der Waals surface area contributed by atoms with Crippen molar-refractivity contribution in [2.24, 2.45) is 0 Å². The van der Waals surface area contributed by atoms with Crippen LogP contribution in [0.15, 0.2) is 34.2 Å². The summed E-state index contributed by atoms with van der Waals surface area (Å²) in [7, 11) is 0. The van der Waals surface area contributed by atoms with Gasteiger partial charge in [0, 0.05) is 27.4 Å². The van der Waals surface area contributed by atoms with Gasteiger partial charge >= 0.3 is 0 Å². The number of carbonyl (C=O) groups excluding carboxylic acids is 1. The summed E-state index contributed by atoms with van der Waals surface area (Å²) in [6.45, 7) is 3.95. The second-order valence-electron chi connectivity index (χ2n) is 4.57. The number of nitrogens with one attached hydrogen (secondary N) is 1. The van der Waals surface area contributed by atoms with Crippen LogP contribution in [0.1, 0.15) is 21.7 Å². The third-order valence-electron chi connectivity index (χ3n) is 3.06. The molecule has 6 heteroatoms. The lowest BCUT2D eigenvalue weighted by Gasteiger charge is -2.07. The summed E-state index contributed by atoms with van der Waals surface area (Å²) in [5.74, 6) is -0.189. The number of thiazole rings is 1. The lowest BCUT2D eigenvalue weighted by Crippen LogP contribution is -2.13. The van der Waals surface area contributed by atoms with Crippen LogP contribution in [0.25, 0.3) is 4.96 Å². The molecule has 0 saturated carbocycles. The van der Waals surface area contributed by atoms with Crippen LogP contribution in [0.5, 0.6) is 0 Å². The summed E-state index contributed by atoms with van der Waals surface area (Å²) in [5.41, 5.74) is 3.31. The average Bonchev–Trinajstić information content (AvgIpc) is 2.96. The van der Waals surface area contributed by atoms with Crippen molar-refractivity contribution >= 4 is 43.8 Å². The largest absolute Gasteiger partial charge is 0.320 e. The van der Waals surface area contributed by atoms with Gasteiger partial charge in [-0.15, -0.1) is 11.3 Å². The molecular formula is C14H12BrN3OS. The number of amides is 1. The highest BCUT2D eigenvalue weighted by Gasteiger charge is 2.13. The maximum Gasteiger partial charge on any atom is 0.275 e.